The molecule has 0 saturated carbocycles. The van der Waals surface area contributed by atoms with Crippen molar-refractivity contribution < 1.29 is 9.59 Å². The minimum atomic E-state index is -0.311. The number of para-hydroxylation sites is 1. The lowest BCUT2D eigenvalue weighted by Gasteiger charge is -2.14. The van der Waals surface area contributed by atoms with Gasteiger partial charge in [-0.15, -0.1) is 0 Å². The fraction of sp³-hybridized carbons (Fsp3) is 0.0714. The summed E-state index contributed by atoms with van der Waals surface area (Å²) in [6.45, 7) is 1.63. The van der Waals surface area contributed by atoms with E-state index in [0.29, 0.717) is 11.3 Å². The zero-order valence-corrected chi connectivity index (χ0v) is 9.75. The van der Waals surface area contributed by atoms with Crippen LogP contribution in [0.4, 0.5) is 5.69 Å². The molecule has 4 heteroatoms. The highest BCUT2D eigenvalue weighted by molar-refractivity contribution is 6.30. The summed E-state index contributed by atoms with van der Waals surface area (Å²) in [7, 11) is 0. The predicted octanol–water partition coefficient (Wildman–Crippen LogP) is 2.05. The Morgan fingerprint density at radius 1 is 1.17 bits per heavy atom. The molecule has 1 aliphatic heterocycles. The van der Waals surface area contributed by atoms with Crippen LogP contribution in [0.25, 0.3) is 10.9 Å². The number of hydrogen-bond acceptors (Lipinski definition) is 3. The first kappa shape index (κ1) is 10.7. The molecule has 0 N–H and O–H groups in total. The number of benzene rings is 1. The van der Waals surface area contributed by atoms with E-state index in [2.05, 4.69) is 4.98 Å². The SMILES string of the molecule is CC1=CC(=O)N(c2cnc3ccccc3c2)C1=O. The summed E-state index contributed by atoms with van der Waals surface area (Å²) < 4.78 is 0. The van der Waals surface area contributed by atoms with Gasteiger partial charge in [0.1, 0.15) is 0 Å². The molecule has 18 heavy (non-hydrogen) atoms. The molecule has 4 nitrogen and oxygen atoms in total. The molecule has 2 amide bonds. The minimum Gasteiger partial charge on any atom is -0.269 e. The van der Waals surface area contributed by atoms with E-state index in [0.717, 1.165) is 15.8 Å². The van der Waals surface area contributed by atoms with Gasteiger partial charge in [-0.25, -0.2) is 4.90 Å². The Hall–Kier alpha value is -2.49. The minimum absolute atomic E-state index is 0.280. The topological polar surface area (TPSA) is 50.3 Å². The van der Waals surface area contributed by atoms with Crippen LogP contribution in [-0.4, -0.2) is 16.8 Å². The van der Waals surface area contributed by atoms with E-state index < -0.39 is 0 Å². The highest BCUT2D eigenvalue weighted by atomic mass is 16.2. The molecular formula is C14H10N2O2. The van der Waals surface area contributed by atoms with Crippen molar-refractivity contribution in [3.63, 3.8) is 0 Å². The lowest BCUT2D eigenvalue weighted by molar-refractivity contribution is -0.120. The second-order valence-corrected chi connectivity index (χ2v) is 4.19. The van der Waals surface area contributed by atoms with Crippen molar-refractivity contribution in [1.82, 2.24) is 4.98 Å². The first-order valence-electron chi connectivity index (χ1n) is 5.58. The second kappa shape index (κ2) is 3.77. The smallest absolute Gasteiger partial charge is 0.261 e. The van der Waals surface area contributed by atoms with E-state index in [9.17, 15) is 9.59 Å². The molecule has 0 atom stereocenters. The molecular weight excluding hydrogens is 228 g/mol. The first-order valence-corrected chi connectivity index (χ1v) is 5.58. The zero-order valence-electron chi connectivity index (χ0n) is 9.75. The van der Waals surface area contributed by atoms with Crippen LogP contribution in [0, 0.1) is 0 Å². The molecule has 1 aliphatic rings. The van der Waals surface area contributed by atoms with Gasteiger partial charge in [0.05, 0.1) is 17.4 Å². The van der Waals surface area contributed by atoms with E-state index in [4.69, 9.17) is 0 Å². The molecule has 0 radical (unpaired) electrons. The number of nitrogens with zero attached hydrogens (tertiary/aromatic N) is 2. The summed E-state index contributed by atoms with van der Waals surface area (Å²) in [6.07, 6.45) is 2.89. The normalized spacial score (nSPS) is 15.4. The Kier molecular flexibility index (Phi) is 2.23. The van der Waals surface area contributed by atoms with Crippen molar-refractivity contribution in [3.05, 3.63) is 48.2 Å². The third-order valence-electron chi connectivity index (χ3n) is 2.94. The molecule has 0 fully saturated rings. The highest BCUT2D eigenvalue weighted by Crippen LogP contribution is 2.24. The van der Waals surface area contributed by atoms with Gasteiger partial charge in [-0.3, -0.25) is 14.6 Å². The number of hydrogen-bond donors (Lipinski definition) is 0. The van der Waals surface area contributed by atoms with Gasteiger partial charge < -0.3 is 0 Å². The third-order valence-corrected chi connectivity index (χ3v) is 2.94. The molecule has 1 aromatic heterocycles. The Morgan fingerprint density at radius 3 is 2.67 bits per heavy atom. The number of carbonyl (C=O) groups is 2. The standard InChI is InChI=1S/C14H10N2O2/c1-9-6-13(17)16(14(9)18)11-7-10-4-2-3-5-12(10)15-8-11/h2-8H,1H3. The average molecular weight is 238 g/mol. The number of rotatable bonds is 1. The van der Waals surface area contributed by atoms with E-state index in [-0.39, 0.29) is 11.8 Å². The van der Waals surface area contributed by atoms with Crippen LogP contribution < -0.4 is 4.90 Å². The van der Waals surface area contributed by atoms with E-state index in [1.54, 1.807) is 19.2 Å². The number of carbonyl (C=O) groups excluding carboxylic acids is 2. The van der Waals surface area contributed by atoms with Gasteiger partial charge in [-0.2, -0.15) is 0 Å². The summed E-state index contributed by atoms with van der Waals surface area (Å²) in [5.74, 6) is -0.591. The quantitative estimate of drug-likeness (QED) is 0.714. The van der Waals surface area contributed by atoms with Crippen LogP contribution in [0.5, 0.6) is 0 Å². The van der Waals surface area contributed by atoms with Crippen LogP contribution >= 0.6 is 0 Å². The fourth-order valence-corrected chi connectivity index (χ4v) is 2.01. The first-order chi connectivity index (χ1) is 8.66. The van der Waals surface area contributed by atoms with Crippen molar-refractivity contribution in [1.29, 1.82) is 0 Å². The van der Waals surface area contributed by atoms with E-state index in [1.165, 1.54) is 6.08 Å². The van der Waals surface area contributed by atoms with Crippen molar-refractivity contribution in [3.8, 4) is 0 Å². The summed E-state index contributed by atoms with van der Waals surface area (Å²) >= 11 is 0. The lowest BCUT2D eigenvalue weighted by Crippen LogP contribution is -2.30. The molecule has 2 heterocycles. The number of pyridine rings is 1. The fourth-order valence-electron chi connectivity index (χ4n) is 2.01. The molecule has 0 saturated heterocycles. The maximum atomic E-state index is 11.9. The monoisotopic (exact) mass is 238 g/mol. The van der Waals surface area contributed by atoms with Gasteiger partial charge >= 0.3 is 0 Å². The largest absolute Gasteiger partial charge is 0.269 e. The van der Waals surface area contributed by atoms with Gasteiger partial charge in [0.2, 0.25) is 0 Å². The van der Waals surface area contributed by atoms with E-state index >= 15 is 0 Å². The van der Waals surface area contributed by atoms with Crippen LogP contribution in [0.2, 0.25) is 0 Å². The Balaban J connectivity index is 2.11. The molecule has 0 bridgehead atoms. The lowest BCUT2D eigenvalue weighted by atomic mass is 10.2. The van der Waals surface area contributed by atoms with Gasteiger partial charge in [0.15, 0.2) is 0 Å². The van der Waals surface area contributed by atoms with Gasteiger partial charge in [0.25, 0.3) is 11.8 Å². The molecule has 3 rings (SSSR count). The Labute approximate surface area is 104 Å². The molecule has 2 aromatic rings. The molecule has 0 spiro atoms. The van der Waals surface area contributed by atoms with Crippen molar-refractivity contribution in [2.45, 2.75) is 6.92 Å². The maximum absolute atomic E-state index is 11.9. The van der Waals surface area contributed by atoms with Gasteiger partial charge in [-0.1, -0.05) is 18.2 Å². The van der Waals surface area contributed by atoms with E-state index in [1.807, 2.05) is 24.3 Å². The summed E-state index contributed by atoms with van der Waals surface area (Å²) in [4.78, 5) is 29.0. The highest BCUT2D eigenvalue weighted by Gasteiger charge is 2.29. The van der Waals surface area contributed by atoms with Crippen LogP contribution in [0.3, 0.4) is 0 Å². The number of anilines is 1. The second-order valence-electron chi connectivity index (χ2n) is 4.19. The summed E-state index contributed by atoms with van der Waals surface area (Å²) in [6, 6.07) is 9.37. The van der Waals surface area contributed by atoms with Crippen molar-refractivity contribution >= 4 is 28.4 Å². The van der Waals surface area contributed by atoms with Crippen molar-refractivity contribution in [2.75, 3.05) is 4.90 Å². The molecule has 0 aliphatic carbocycles. The third kappa shape index (κ3) is 1.50. The Bertz CT molecular complexity index is 704. The molecule has 88 valence electrons. The number of fused-ring (bicyclic) bond motifs is 1. The van der Waals surface area contributed by atoms with Gasteiger partial charge in [0, 0.05) is 17.0 Å². The van der Waals surface area contributed by atoms with Crippen LogP contribution in [-0.2, 0) is 9.59 Å². The maximum Gasteiger partial charge on any atom is 0.261 e. The van der Waals surface area contributed by atoms with Crippen LogP contribution in [0.15, 0.2) is 48.2 Å². The number of amides is 2. The van der Waals surface area contributed by atoms with Gasteiger partial charge in [-0.05, 0) is 19.1 Å². The number of aromatic nitrogens is 1. The zero-order chi connectivity index (χ0) is 12.7. The summed E-state index contributed by atoms with van der Waals surface area (Å²) in [5, 5.41) is 0.903. The average Bonchev–Trinajstić information content (AvgIpc) is 2.63. The summed E-state index contributed by atoms with van der Waals surface area (Å²) in [5.41, 5.74) is 1.80. The predicted molar refractivity (Wildman–Crippen MR) is 68.0 cm³/mol. The molecule has 0 unspecified atom stereocenters. The Morgan fingerprint density at radius 2 is 1.94 bits per heavy atom. The number of imide groups is 1. The van der Waals surface area contributed by atoms with Crippen LogP contribution in [0.1, 0.15) is 6.92 Å². The van der Waals surface area contributed by atoms with Crippen molar-refractivity contribution in [2.24, 2.45) is 0 Å². The molecule has 1 aromatic carbocycles.